The van der Waals surface area contributed by atoms with Gasteiger partial charge in [0.2, 0.25) is 0 Å². The minimum Gasteiger partial charge on any atom is -0.373 e. The molecular formula is C16H24N4. The van der Waals surface area contributed by atoms with Crippen molar-refractivity contribution < 1.29 is 0 Å². The number of aliphatic imine (C=N–C) groups is 2. The zero-order valence-electron chi connectivity index (χ0n) is 13.3. The van der Waals surface area contributed by atoms with Gasteiger partial charge in [-0.3, -0.25) is 4.99 Å². The van der Waals surface area contributed by atoms with Crippen LogP contribution in [0.15, 0.2) is 44.6 Å². The van der Waals surface area contributed by atoms with Crippen LogP contribution in [-0.4, -0.2) is 31.4 Å². The van der Waals surface area contributed by atoms with Gasteiger partial charge in [0.05, 0.1) is 5.71 Å². The Hall–Kier alpha value is -1.97. The maximum absolute atomic E-state index is 7.84. The van der Waals surface area contributed by atoms with Crippen molar-refractivity contribution in [3.05, 3.63) is 34.6 Å². The third-order valence-corrected chi connectivity index (χ3v) is 3.40. The van der Waals surface area contributed by atoms with Gasteiger partial charge in [-0.05, 0) is 45.3 Å². The topological polar surface area (TPSA) is 60.6 Å². The summed E-state index contributed by atoms with van der Waals surface area (Å²) in [6.45, 7) is 8.03. The van der Waals surface area contributed by atoms with Gasteiger partial charge >= 0.3 is 0 Å². The lowest BCUT2D eigenvalue weighted by atomic mass is 9.97. The fourth-order valence-electron chi connectivity index (χ4n) is 2.05. The molecule has 0 aromatic carbocycles. The number of amidine groups is 1. The normalized spacial score (nSPS) is 15.7. The van der Waals surface area contributed by atoms with Crippen molar-refractivity contribution >= 4 is 17.3 Å². The van der Waals surface area contributed by atoms with Gasteiger partial charge in [-0.1, -0.05) is 11.6 Å². The predicted octanol–water partition coefficient (Wildman–Crippen LogP) is 3.29. The molecule has 4 nitrogen and oxygen atoms in total. The highest BCUT2D eigenvalue weighted by molar-refractivity contribution is 6.22. The fourth-order valence-corrected chi connectivity index (χ4v) is 2.05. The van der Waals surface area contributed by atoms with Crippen molar-refractivity contribution in [1.82, 2.24) is 5.32 Å². The Labute approximate surface area is 121 Å². The van der Waals surface area contributed by atoms with Gasteiger partial charge < -0.3 is 10.7 Å². The molecule has 0 bridgehead atoms. The van der Waals surface area contributed by atoms with E-state index in [4.69, 9.17) is 5.41 Å². The molecule has 1 aliphatic heterocycles. The zero-order valence-corrected chi connectivity index (χ0v) is 13.3. The fraction of sp³-hybridized carbons (Fsp3) is 0.438. The Kier molecular flexibility index (Phi) is 5.62. The second-order valence-corrected chi connectivity index (χ2v) is 5.03. The number of hydrogen-bond acceptors (Lipinski definition) is 4. The molecule has 1 rings (SSSR count). The van der Waals surface area contributed by atoms with E-state index in [-0.39, 0.29) is 0 Å². The highest BCUT2D eigenvalue weighted by Gasteiger charge is 2.15. The van der Waals surface area contributed by atoms with E-state index in [2.05, 4.69) is 36.1 Å². The highest BCUT2D eigenvalue weighted by atomic mass is 15.0. The first-order valence-corrected chi connectivity index (χ1v) is 6.74. The molecule has 2 N–H and O–H groups in total. The Bertz CT molecular complexity index is 553. The molecule has 1 aliphatic rings. The predicted molar refractivity (Wildman–Crippen MR) is 88.1 cm³/mol. The molecule has 0 aromatic rings. The SMILES string of the molecule is C/N=C(/C1=CN=C(NC)C(C(C)=N)=CC1)C(C)=C(C)C. The van der Waals surface area contributed by atoms with Crippen LogP contribution >= 0.6 is 0 Å². The summed E-state index contributed by atoms with van der Waals surface area (Å²) in [4.78, 5) is 8.88. The number of likely N-dealkylation sites (N-methyl/N-ethyl adjacent to an activating group) is 1. The van der Waals surface area contributed by atoms with Crippen LogP contribution in [0.4, 0.5) is 0 Å². The highest BCUT2D eigenvalue weighted by Crippen LogP contribution is 2.19. The van der Waals surface area contributed by atoms with Crippen LogP contribution in [0.1, 0.15) is 34.1 Å². The van der Waals surface area contributed by atoms with Crippen LogP contribution in [0.2, 0.25) is 0 Å². The van der Waals surface area contributed by atoms with Crippen molar-refractivity contribution in [3.63, 3.8) is 0 Å². The molecule has 1 heterocycles. The molecule has 0 radical (unpaired) electrons. The van der Waals surface area contributed by atoms with E-state index in [1.807, 2.05) is 26.4 Å². The molecule has 0 aliphatic carbocycles. The summed E-state index contributed by atoms with van der Waals surface area (Å²) in [7, 11) is 3.63. The Morgan fingerprint density at radius 2 is 1.95 bits per heavy atom. The molecule has 0 unspecified atom stereocenters. The number of nitrogens with zero attached hydrogens (tertiary/aromatic N) is 2. The molecule has 108 valence electrons. The van der Waals surface area contributed by atoms with E-state index in [0.717, 1.165) is 29.1 Å². The standard InChI is InChI=1S/C16H24N4/c1-10(2)11(3)15(18-5)13-7-8-14(12(4)17)16(19-6)20-9-13/h8-9,17H,7H2,1-6H3,(H,19,20)/b17-12?,18-15+. The van der Waals surface area contributed by atoms with Crippen molar-refractivity contribution in [2.75, 3.05) is 14.1 Å². The lowest BCUT2D eigenvalue weighted by molar-refractivity contribution is 1.16. The zero-order chi connectivity index (χ0) is 15.3. The van der Waals surface area contributed by atoms with Crippen LogP contribution in [0, 0.1) is 5.41 Å². The van der Waals surface area contributed by atoms with E-state index >= 15 is 0 Å². The van der Waals surface area contributed by atoms with E-state index < -0.39 is 0 Å². The average Bonchev–Trinajstić information content (AvgIpc) is 2.61. The van der Waals surface area contributed by atoms with E-state index in [9.17, 15) is 0 Å². The second kappa shape index (κ2) is 6.98. The third kappa shape index (κ3) is 3.53. The number of allylic oxidation sites excluding steroid dienone is 4. The molecule has 0 atom stereocenters. The van der Waals surface area contributed by atoms with Gasteiger partial charge in [0, 0.05) is 31.6 Å². The molecule has 20 heavy (non-hydrogen) atoms. The van der Waals surface area contributed by atoms with E-state index in [0.29, 0.717) is 5.71 Å². The Balaban J connectivity index is 3.25. The number of nitrogens with one attached hydrogen (secondary N) is 2. The molecule has 0 aromatic heterocycles. The molecule has 0 saturated heterocycles. The monoisotopic (exact) mass is 272 g/mol. The minimum absolute atomic E-state index is 0.515. The van der Waals surface area contributed by atoms with Crippen molar-refractivity contribution in [2.45, 2.75) is 34.1 Å². The summed E-state index contributed by atoms with van der Waals surface area (Å²) in [5, 5.41) is 10.9. The second-order valence-electron chi connectivity index (χ2n) is 5.03. The van der Waals surface area contributed by atoms with Crippen LogP contribution in [0.25, 0.3) is 0 Å². The molecule has 0 saturated carbocycles. The summed E-state index contributed by atoms with van der Waals surface area (Å²) < 4.78 is 0. The van der Waals surface area contributed by atoms with Gasteiger partial charge in [-0.15, -0.1) is 0 Å². The van der Waals surface area contributed by atoms with Crippen molar-refractivity contribution in [2.24, 2.45) is 9.98 Å². The quantitative estimate of drug-likeness (QED) is 0.761. The maximum atomic E-state index is 7.84. The molecule has 0 spiro atoms. The molecule has 4 heteroatoms. The van der Waals surface area contributed by atoms with Gasteiger partial charge in [0.1, 0.15) is 5.84 Å². The smallest absolute Gasteiger partial charge is 0.134 e. The van der Waals surface area contributed by atoms with Crippen LogP contribution < -0.4 is 5.32 Å². The first-order chi connectivity index (χ1) is 9.42. The van der Waals surface area contributed by atoms with Crippen LogP contribution in [0.3, 0.4) is 0 Å². The molecule has 0 fully saturated rings. The summed E-state index contributed by atoms with van der Waals surface area (Å²) in [5.41, 5.74) is 5.87. The largest absolute Gasteiger partial charge is 0.373 e. The number of rotatable bonds is 3. The average molecular weight is 272 g/mol. The van der Waals surface area contributed by atoms with Gasteiger partial charge in [0.25, 0.3) is 0 Å². The first-order valence-electron chi connectivity index (χ1n) is 6.74. The minimum atomic E-state index is 0.515. The Morgan fingerprint density at radius 3 is 2.40 bits per heavy atom. The summed E-state index contributed by atoms with van der Waals surface area (Å²) in [6.07, 6.45) is 4.63. The summed E-state index contributed by atoms with van der Waals surface area (Å²) in [5.74, 6) is 0.734. The van der Waals surface area contributed by atoms with Gasteiger partial charge in [-0.2, -0.15) is 0 Å². The van der Waals surface area contributed by atoms with E-state index in [1.54, 1.807) is 6.92 Å². The maximum Gasteiger partial charge on any atom is 0.134 e. The Morgan fingerprint density at radius 1 is 1.30 bits per heavy atom. The van der Waals surface area contributed by atoms with Crippen molar-refractivity contribution in [1.29, 1.82) is 5.41 Å². The van der Waals surface area contributed by atoms with E-state index in [1.165, 1.54) is 11.1 Å². The third-order valence-electron chi connectivity index (χ3n) is 3.40. The van der Waals surface area contributed by atoms with Gasteiger partial charge in [-0.25, -0.2) is 4.99 Å². The molecular weight excluding hydrogens is 248 g/mol. The first kappa shape index (κ1) is 16.1. The van der Waals surface area contributed by atoms with Crippen LogP contribution in [-0.2, 0) is 0 Å². The van der Waals surface area contributed by atoms with Crippen LogP contribution in [0.5, 0.6) is 0 Å². The number of hydrogen-bond donors (Lipinski definition) is 2. The summed E-state index contributed by atoms with van der Waals surface area (Å²) in [6, 6.07) is 0. The lowest BCUT2D eigenvalue weighted by Crippen LogP contribution is -2.23. The van der Waals surface area contributed by atoms with Gasteiger partial charge in [0.15, 0.2) is 0 Å². The van der Waals surface area contributed by atoms with Crippen molar-refractivity contribution in [3.8, 4) is 0 Å². The molecule has 0 amide bonds. The summed E-state index contributed by atoms with van der Waals surface area (Å²) >= 11 is 0. The lowest BCUT2D eigenvalue weighted by Gasteiger charge is -2.10.